The quantitative estimate of drug-likeness (QED) is 0.852. The molecule has 0 atom stereocenters. The van der Waals surface area contributed by atoms with E-state index in [2.05, 4.69) is 4.90 Å². The van der Waals surface area contributed by atoms with Crippen molar-refractivity contribution in [1.29, 1.82) is 0 Å². The highest BCUT2D eigenvalue weighted by Gasteiger charge is 2.31. The minimum atomic E-state index is -3.80. The lowest BCUT2D eigenvalue weighted by molar-refractivity contribution is 0.224. The number of rotatable bonds is 4. The molecule has 0 bridgehead atoms. The molecule has 1 aromatic rings. The van der Waals surface area contributed by atoms with Crippen LogP contribution in [0, 0.1) is 11.7 Å². The predicted molar refractivity (Wildman–Crippen MR) is 80.8 cm³/mol. The Morgan fingerprint density at radius 2 is 1.95 bits per heavy atom. The normalized spacial score (nSPS) is 18.3. The van der Waals surface area contributed by atoms with Crippen LogP contribution in [0.4, 0.5) is 10.1 Å². The van der Waals surface area contributed by atoms with Gasteiger partial charge in [0, 0.05) is 25.3 Å². The van der Waals surface area contributed by atoms with Crippen molar-refractivity contribution >= 4 is 15.7 Å². The first kappa shape index (κ1) is 16.2. The molecule has 1 heterocycles. The van der Waals surface area contributed by atoms with E-state index >= 15 is 0 Å². The first-order valence-corrected chi connectivity index (χ1v) is 8.44. The fourth-order valence-electron chi connectivity index (χ4n) is 2.71. The Kier molecular flexibility index (Phi) is 4.85. The maximum absolute atomic E-state index is 13.8. The number of piperidine rings is 1. The molecule has 1 saturated heterocycles. The van der Waals surface area contributed by atoms with Crippen molar-refractivity contribution in [2.75, 3.05) is 39.5 Å². The number of nitrogens with zero attached hydrogens (tertiary/aromatic N) is 2. The molecule has 0 saturated carbocycles. The average molecular weight is 315 g/mol. The Balaban J connectivity index is 2.13. The summed E-state index contributed by atoms with van der Waals surface area (Å²) in [6, 6.07) is 3.65. The summed E-state index contributed by atoms with van der Waals surface area (Å²) in [6.45, 7) is 1.80. The van der Waals surface area contributed by atoms with Gasteiger partial charge in [-0.05, 0) is 51.1 Å². The van der Waals surface area contributed by atoms with Crippen LogP contribution in [-0.2, 0) is 10.0 Å². The fourth-order valence-corrected chi connectivity index (χ4v) is 4.27. The highest BCUT2D eigenvalue weighted by atomic mass is 32.2. The van der Waals surface area contributed by atoms with Crippen LogP contribution < -0.4 is 5.73 Å². The molecule has 2 rings (SSSR count). The topological polar surface area (TPSA) is 66.6 Å². The molecule has 0 aromatic heterocycles. The fraction of sp³-hybridized carbons (Fsp3) is 0.571. The second kappa shape index (κ2) is 6.29. The van der Waals surface area contributed by atoms with Crippen molar-refractivity contribution in [2.24, 2.45) is 5.92 Å². The van der Waals surface area contributed by atoms with Crippen molar-refractivity contribution in [3.63, 3.8) is 0 Å². The number of nitrogen functional groups attached to an aromatic ring is 1. The molecule has 0 unspecified atom stereocenters. The van der Waals surface area contributed by atoms with Gasteiger partial charge in [-0.25, -0.2) is 12.8 Å². The summed E-state index contributed by atoms with van der Waals surface area (Å²) in [4.78, 5) is 1.78. The zero-order valence-corrected chi connectivity index (χ0v) is 13.2. The van der Waals surface area contributed by atoms with Crippen molar-refractivity contribution in [2.45, 2.75) is 17.7 Å². The second-order valence-electron chi connectivity index (χ2n) is 5.80. The molecule has 5 nitrogen and oxygen atoms in total. The third-order valence-electron chi connectivity index (χ3n) is 3.77. The Hall–Kier alpha value is -1.18. The smallest absolute Gasteiger partial charge is 0.246 e. The standard InChI is InChI=1S/C14H22FN3O2S/c1-17(2)10-11-5-7-18(8-6-11)21(19,20)14-9-12(16)3-4-13(14)15/h3-4,9,11H,5-8,10,16H2,1-2H3. The summed E-state index contributed by atoms with van der Waals surface area (Å²) in [5.41, 5.74) is 5.82. The van der Waals surface area contributed by atoms with E-state index in [0.717, 1.165) is 25.5 Å². The SMILES string of the molecule is CN(C)CC1CCN(S(=O)(=O)c2cc(N)ccc2F)CC1. The van der Waals surface area contributed by atoms with Crippen molar-refractivity contribution < 1.29 is 12.8 Å². The lowest BCUT2D eigenvalue weighted by Gasteiger charge is -2.32. The van der Waals surface area contributed by atoms with E-state index in [-0.39, 0.29) is 10.6 Å². The minimum absolute atomic E-state index is 0.248. The molecular formula is C14H22FN3O2S. The zero-order chi connectivity index (χ0) is 15.6. The highest BCUT2D eigenvalue weighted by Crippen LogP contribution is 2.26. The third kappa shape index (κ3) is 3.72. The Labute approximate surface area is 125 Å². The Morgan fingerprint density at radius 3 is 2.52 bits per heavy atom. The zero-order valence-electron chi connectivity index (χ0n) is 12.4. The van der Waals surface area contributed by atoms with Gasteiger partial charge in [-0.2, -0.15) is 4.31 Å². The van der Waals surface area contributed by atoms with Gasteiger partial charge >= 0.3 is 0 Å². The highest BCUT2D eigenvalue weighted by molar-refractivity contribution is 7.89. The molecule has 118 valence electrons. The van der Waals surface area contributed by atoms with Crippen LogP contribution in [0.1, 0.15) is 12.8 Å². The van der Waals surface area contributed by atoms with Crippen LogP contribution in [0.5, 0.6) is 0 Å². The summed E-state index contributed by atoms with van der Waals surface area (Å²) in [7, 11) is 0.208. The molecular weight excluding hydrogens is 293 g/mol. The first-order chi connectivity index (χ1) is 9.80. The lowest BCUT2D eigenvalue weighted by Crippen LogP contribution is -2.40. The summed E-state index contributed by atoms with van der Waals surface area (Å²) >= 11 is 0. The number of hydrogen-bond donors (Lipinski definition) is 1. The molecule has 21 heavy (non-hydrogen) atoms. The van der Waals surface area contributed by atoms with Crippen molar-refractivity contribution in [1.82, 2.24) is 9.21 Å². The van der Waals surface area contributed by atoms with Crippen LogP contribution in [0.3, 0.4) is 0 Å². The van der Waals surface area contributed by atoms with E-state index in [1.54, 1.807) is 0 Å². The molecule has 0 aliphatic carbocycles. The van der Waals surface area contributed by atoms with Gasteiger partial charge < -0.3 is 10.6 Å². The average Bonchev–Trinajstić information content (AvgIpc) is 2.41. The van der Waals surface area contributed by atoms with Gasteiger partial charge in [0.25, 0.3) is 0 Å². The van der Waals surface area contributed by atoms with Crippen LogP contribution in [0.25, 0.3) is 0 Å². The molecule has 1 aliphatic rings. The van der Waals surface area contributed by atoms with Gasteiger partial charge in [0.1, 0.15) is 10.7 Å². The Morgan fingerprint density at radius 1 is 1.33 bits per heavy atom. The van der Waals surface area contributed by atoms with Crippen LogP contribution in [0.2, 0.25) is 0 Å². The minimum Gasteiger partial charge on any atom is -0.399 e. The summed E-state index contributed by atoms with van der Waals surface area (Å²) < 4.78 is 40.2. The molecule has 0 amide bonds. The van der Waals surface area contributed by atoms with Crippen LogP contribution in [0.15, 0.2) is 23.1 Å². The van der Waals surface area contributed by atoms with E-state index in [4.69, 9.17) is 5.73 Å². The molecule has 0 spiro atoms. The maximum atomic E-state index is 13.8. The van der Waals surface area contributed by atoms with E-state index in [0.29, 0.717) is 19.0 Å². The number of nitrogens with two attached hydrogens (primary N) is 1. The maximum Gasteiger partial charge on any atom is 0.246 e. The molecule has 1 aliphatic heterocycles. The van der Waals surface area contributed by atoms with Gasteiger partial charge in [0.15, 0.2) is 0 Å². The second-order valence-corrected chi connectivity index (χ2v) is 7.71. The number of anilines is 1. The molecule has 1 aromatic carbocycles. The Bertz CT molecular complexity index is 596. The molecule has 1 fully saturated rings. The van der Waals surface area contributed by atoms with E-state index in [1.807, 2.05) is 14.1 Å². The van der Waals surface area contributed by atoms with Gasteiger partial charge in [0.2, 0.25) is 10.0 Å². The van der Waals surface area contributed by atoms with E-state index < -0.39 is 15.8 Å². The monoisotopic (exact) mass is 315 g/mol. The van der Waals surface area contributed by atoms with E-state index in [9.17, 15) is 12.8 Å². The van der Waals surface area contributed by atoms with Gasteiger partial charge in [-0.1, -0.05) is 0 Å². The summed E-state index contributed by atoms with van der Waals surface area (Å²) in [6.07, 6.45) is 1.59. The van der Waals surface area contributed by atoms with Crippen LogP contribution >= 0.6 is 0 Å². The van der Waals surface area contributed by atoms with Crippen LogP contribution in [-0.4, -0.2) is 51.4 Å². The number of halogens is 1. The molecule has 7 heteroatoms. The molecule has 2 N–H and O–H groups in total. The van der Waals surface area contributed by atoms with Gasteiger partial charge in [-0.3, -0.25) is 0 Å². The number of hydrogen-bond acceptors (Lipinski definition) is 4. The van der Waals surface area contributed by atoms with Crippen molar-refractivity contribution in [3.05, 3.63) is 24.0 Å². The number of benzene rings is 1. The third-order valence-corrected chi connectivity index (χ3v) is 5.68. The number of sulfonamides is 1. The molecule has 0 radical (unpaired) electrons. The summed E-state index contributed by atoms with van der Waals surface area (Å²) in [5.74, 6) is -0.267. The predicted octanol–water partition coefficient (Wildman–Crippen LogP) is 1.37. The largest absolute Gasteiger partial charge is 0.399 e. The van der Waals surface area contributed by atoms with Gasteiger partial charge in [0.05, 0.1) is 0 Å². The lowest BCUT2D eigenvalue weighted by atomic mass is 9.98. The first-order valence-electron chi connectivity index (χ1n) is 7.00. The van der Waals surface area contributed by atoms with E-state index in [1.165, 1.54) is 16.4 Å². The van der Waals surface area contributed by atoms with Gasteiger partial charge in [-0.15, -0.1) is 0 Å². The summed E-state index contributed by atoms with van der Waals surface area (Å²) in [5, 5.41) is 0. The van der Waals surface area contributed by atoms with Crippen molar-refractivity contribution in [3.8, 4) is 0 Å².